The van der Waals surface area contributed by atoms with Crippen LogP contribution in [0.1, 0.15) is 13.3 Å². The van der Waals surface area contributed by atoms with Gasteiger partial charge in [0.15, 0.2) is 5.12 Å². The predicted octanol–water partition coefficient (Wildman–Crippen LogP) is 2.56. The summed E-state index contributed by atoms with van der Waals surface area (Å²) in [6, 6.07) is -0.218. The number of hydrogen-bond acceptors (Lipinski definition) is 4. The molecule has 0 aliphatic carbocycles. The summed E-state index contributed by atoms with van der Waals surface area (Å²) in [6.45, 7) is 4.97. The molecule has 2 atom stereocenters. The second-order valence-electron chi connectivity index (χ2n) is 4.13. The third kappa shape index (κ3) is 5.06. The number of rotatable bonds is 5. The summed E-state index contributed by atoms with van der Waals surface area (Å²) in [7, 11) is 0. The lowest BCUT2D eigenvalue weighted by molar-refractivity contribution is -0.109. The van der Waals surface area contributed by atoms with Gasteiger partial charge in [-0.15, -0.1) is 0 Å². The van der Waals surface area contributed by atoms with Gasteiger partial charge < -0.3 is 9.64 Å². The van der Waals surface area contributed by atoms with Gasteiger partial charge in [-0.2, -0.15) is 0 Å². The van der Waals surface area contributed by atoms with Crippen LogP contribution < -0.4 is 0 Å². The van der Waals surface area contributed by atoms with E-state index in [0.29, 0.717) is 13.0 Å². The van der Waals surface area contributed by atoms with Crippen LogP contribution in [0.5, 0.6) is 0 Å². The van der Waals surface area contributed by atoms with E-state index in [9.17, 15) is 14.0 Å². The largest absolute Gasteiger partial charge is 0.445 e. The third-order valence-corrected chi connectivity index (χ3v) is 3.65. The van der Waals surface area contributed by atoms with Crippen molar-refractivity contribution >= 4 is 23.0 Å². The number of carbonyl (C=O) groups is 2. The highest BCUT2D eigenvalue weighted by Gasteiger charge is 2.35. The molecule has 1 rings (SSSR count). The molecule has 1 heterocycles. The maximum Gasteiger partial charge on any atom is 0.410 e. The molecular weight excluding hydrogens is 269 g/mol. The summed E-state index contributed by atoms with van der Waals surface area (Å²) in [5.41, 5.74) is 0. The maximum atomic E-state index is 12.2. The Balaban J connectivity index is 2.67. The zero-order valence-electron chi connectivity index (χ0n) is 10.9. The molecule has 0 aromatic heterocycles. The number of hydrogen-bond donors (Lipinski definition) is 0. The molecule has 0 aromatic rings. The molecule has 1 aliphatic heterocycles. The van der Waals surface area contributed by atoms with Crippen molar-refractivity contribution in [3.63, 3.8) is 0 Å². The second kappa shape index (κ2) is 7.99. The molecule has 0 bridgehead atoms. The molecule has 1 amide bonds. The molecule has 6 heteroatoms. The van der Waals surface area contributed by atoms with Crippen LogP contribution in [0.4, 0.5) is 9.18 Å². The number of carbonyl (C=O) groups excluding carboxylic acids is 2. The fourth-order valence-electron chi connectivity index (χ4n) is 1.96. The lowest BCUT2D eigenvalue weighted by Gasteiger charge is -2.21. The van der Waals surface area contributed by atoms with Gasteiger partial charge in [-0.3, -0.25) is 4.79 Å². The minimum absolute atomic E-state index is 0.0135. The Morgan fingerprint density at radius 2 is 2.32 bits per heavy atom. The number of nitrogens with zero attached hydrogens (tertiary/aromatic N) is 1. The molecule has 0 saturated carbocycles. The van der Waals surface area contributed by atoms with E-state index in [4.69, 9.17) is 4.74 Å². The number of thioether (sulfide) groups is 1. The normalized spacial score (nSPS) is 22.7. The van der Waals surface area contributed by atoms with Gasteiger partial charge in [0.1, 0.15) is 13.3 Å². The van der Waals surface area contributed by atoms with Gasteiger partial charge in [0.2, 0.25) is 0 Å². The lowest BCUT2D eigenvalue weighted by Crippen LogP contribution is -2.35. The molecule has 0 unspecified atom stereocenters. The molecule has 0 radical (unpaired) electrons. The lowest BCUT2D eigenvalue weighted by atomic mass is 10.2. The van der Waals surface area contributed by atoms with Crippen molar-refractivity contribution in [3.05, 3.63) is 24.8 Å². The van der Waals surface area contributed by atoms with Crippen LogP contribution in [-0.2, 0) is 9.53 Å². The molecule has 4 nitrogen and oxygen atoms in total. The van der Waals surface area contributed by atoms with Gasteiger partial charge in [0.05, 0.1) is 6.04 Å². The zero-order chi connectivity index (χ0) is 14.3. The van der Waals surface area contributed by atoms with E-state index >= 15 is 0 Å². The Hall–Kier alpha value is -1.30. The van der Waals surface area contributed by atoms with Gasteiger partial charge in [0, 0.05) is 18.7 Å². The van der Waals surface area contributed by atoms with Crippen LogP contribution in [-0.4, -0.2) is 47.2 Å². The Morgan fingerprint density at radius 3 is 2.89 bits per heavy atom. The van der Waals surface area contributed by atoms with E-state index < -0.39 is 12.8 Å². The van der Waals surface area contributed by atoms with E-state index in [2.05, 4.69) is 6.58 Å². The number of ether oxygens (including phenoxy) is 1. The van der Waals surface area contributed by atoms with Crippen molar-refractivity contribution < 1.29 is 18.7 Å². The van der Waals surface area contributed by atoms with Crippen LogP contribution >= 0.6 is 11.8 Å². The molecule has 1 fully saturated rings. The van der Waals surface area contributed by atoms with Gasteiger partial charge in [-0.05, 0) is 6.42 Å². The summed E-state index contributed by atoms with van der Waals surface area (Å²) in [5.74, 6) is 0. The molecule has 106 valence electrons. The number of amides is 1. The highest BCUT2D eigenvalue weighted by Crippen LogP contribution is 2.29. The first-order valence-corrected chi connectivity index (χ1v) is 6.90. The van der Waals surface area contributed by atoms with Crippen LogP contribution in [0.25, 0.3) is 0 Å². The molecule has 1 saturated heterocycles. The first-order chi connectivity index (χ1) is 9.08. The first-order valence-electron chi connectivity index (χ1n) is 6.02. The monoisotopic (exact) mass is 287 g/mol. The Labute approximate surface area is 116 Å². The smallest absolute Gasteiger partial charge is 0.410 e. The Kier molecular flexibility index (Phi) is 6.62. The summed E-state index contributed by atoms with van der Waals surface area (Å²) in [6.07, 6.45) is 4.68. The average Bonchev–Trinajstić information content (AvgIpc) is 2.75. The topological polar surface area (TPSA) is 46.6 Å². The van der Waals surface area contributed by atoms with E-state index in [-0.39, 0.29) is 23.0 Å². The van der Waals surface area contributed by atoms with Crippen LogP contribution in [0, 0.1) is 0 Å². The quantitative estimate of drug-likeness (QED) is 0.729. The summed E-state index contributed by atoms with van der Waals surface area (Å²) in [4.78, 5) is 24.5. The summed E-state index contributed by atoms with van der Waals surface area (Å²) in [5, 5.41) is 0.0440. The minimum Gasteiger partial charge on any atom is -0.445 e. The molecule has 0 aromatic carbocycles. The molecule has 1 aliphatic rings. The van der Waals surface area contributed by atoms with Gasteiger partial charge in [-0.1, -0.05) is 36.6 Å². The summed E-state index contributed by atoms with van der Waals surface area (Å²) >= 11 is 1.21. The predicted molar refractivity (Wildman–Crippen MR) is 73.8 cm³/mol. The van der Waals surface area contributed by atoms with Crippen molar-refractivity contribution in [2.75, 3.05) is 19.8 Å². The number of alkyl halides is 1. The number of allylic oxidation sites excluding steroid dienone is 1. The van der Waals surface area contributed by atoms with Crippen molar-refractivity contribution in [1.82, 2.24) is 4.90 Å². The highest BCUT2D eigenvalue weighted by atomic mass is 32.2. The standard InChI is InChI=1S/C13H18FNO3S/c1-3-7-18-13(17)15-9-12(19-10(2)16)8-11(15)5-4-6-14/h3-5,11-12H,1,6-9H2,2H3/b5-4+/t11-,12+/m1/s1. The van der Waals surface area contributed by atoms with E-state index in [1.165, 1.54) is 35.7 Å². The van der Waals surface area contributed by atoms with Crippen LogP contribution in [0.3, 0.4) is 0 Å². The van der Waals surface area contributed by atoms with Crippen LogP contribution in [0.2, 0.25) is 0 Å². The maximum absolute atomic E-state index is 12.2. The van der Waals surface area contributed by atoms with Crippen LogP contribution in [0.15, 0.2) is 24.8 Å². The van der Waals surface area contributed by atoms with E-state index in [1.54, 1.807) is 6.08 Å². The SMILES string of the molecule is C=CCOC(=O)N1C[C@@H](SC(C)=O)C[C@H]1/C=C/CF. The molecule has 0 spiro atoms. The minimum atomic E-state index is -0.573. The van der Waals surface area contributed by atoms with Gasteiger partial charge in [-0.25, -0.2) is 9.18 Å². The average molecular weight is 287 g/mol. The highest BCUT2D eigenvalue weighted by molar-refractivity contribution is 8.14. The van der Waals surface area contributed by atoms with E-state index in [1.807, 2.05) is 0 Å². The number of halogens is 1. The van der Waals surface area contributed by atoms with Crippen molar-refractivity contribution in [2.45, 2.75) is 24.6 Å². The molecular formula is C13H18FNO3S. The molecule has 19 heavy (non-hydrogen) atoms. The van der Waals surface area contributed by atoms with Gasteiger partial charge >= 0.3 is 6.09 Å². The summed E-state index contributed by atoms with van der Waals surface area (Å²) < 4.78 is 17.2. The van der Waals surface area contributed by atoms with Crippen molar-refractivity contribution in [2.24, 2.45) is 0 Å². The zero-order valence-corrected chi connectivity index (χ0v) is 11.7. The first kappa shape index (κ1) is 15.8. The van der Waals surface area contributed by atoms with Crippen molar-refractivity contribution in [3.8, 4) is 0 Å². The molecule has 0 N–H and O–H groups in total. The fourth-order valence-corrected chi connectivity index (χ4v) is 2.96. The van der Waals surface area contributed by atoms with E-state index in [0.717, 1.165) is 0 Å². The van der Waals surface area contributed by atoms with Crippen molar-refractivity contribution in [1.29, 1.82) is 0 Å². The number of likely N-dealkylation sites (tertiary alicyclic amines) is 1. The third-order valence-electron chi connectivity index (χ3n) is 2.64. The van der Waals surface area contributed by atoms with Gasteiger partial charge in [0.25, 0.3) is 0 Å². The Bertz CT molecular complexity index is 373. The Morgan fingerprint density at radius 1 is 1.58 bits per heavy atom. The fraction of sp³-hybridized carbons (Fsp3) is 0.538. The second-order valence-corrected chi connectivity index (χ2v) is 5.61.